The number of aromatic nitrogens is 2. The number of hydrogen-bond acceptors (Lipinski definition) is 11. The highest BCUT2D eigenvalue weighted by molar-refractivity contribution is 5.84. The van der Waals surface area contributed by atoms with Crippen molar-refractivity contribution in [3.8, 4) is 33.8 Å². The average molecular weight is 1570 g/mol. The molecule has 0 bridgehead atoms. The zero-order chi connectivity index (χ0) is 81.1. The highest BCUT2D eigenvalue weighted by Gasteiger charge is 2.45. The molecular formula is C78H86F16N6O10. The van der Waals surface area contributed by atoms with Crippen LogP contribution >= 0.6 is 0 Å². The topological polar surface area (TPSA) is 191 Å². The number of hydrogen-bond donors (Lipinski definition) is 3. The van der Waals surface area contributed by atoms with Crippen molar-refractivity contribution in [3.63, 3.8) is 0 Å². The van der Waals surface area contributed by atoms with Gasteiger partial charge in [0.25, 0.3) is 11.1 Å². The van der Waals surface area contributed by atoms with Crippen molar-refractivity contribution in [1.82, 2.24) is 29.6 Å². The number of alkyl halides is 12. The van der Waals surface area contributed by atoms with Gasteiger partial charge in [-0.05, 0) is 206 Å². The van der Waals surface area contributed by atoms with Crippen LogP contribution in [0.25, 0.3) is 22.3 Å². The molecule has 600 valence electrons. The number of aliphatic carboxylic acids is 1. The molecule has 4 aliphatic rings. The van der Waals surface area contributed by atoms with Crippen molar-refractivity contribution in [1.29, 1.82) is 0 Å². The fourth-order valence-corrected chi connectivity index (χ4v) is 13.7. The number of carboxylic acid groups (broad SMARTS) is 1. The molecule has 32 heteroatoms. The van der Waals surface area contributed by atoms with Gasteiger partial charge in [-0.2, -0.15) is 52.7 Å². The Hall–Kier alpha value is -8.94. The minimum Gasteiger partial charge on any atom is -0.490 e. The molecule has 16 nitrogen and oxygen atoms in total. The van der Waals surface area contributed by atoms with Gasteiger partial charge in [0, 0.05) is 59.9 Å². The van der Waals surface area contributed by atoms with Crippen LogP contribution in [-0.2, 0) is 61.5 Å². The lowest BCUT2D eigenvalue weighted by Gasteiger charge is -2.31. The Labute approximate surface area is 623 Å². The highest BCUT2D eigenvalue weighted by Crippen LogP contribution is 2.47. The average Bonchev–Trinajstić information content (AvgIpc) is 1.13. The van der Waals surface area contributed by atoms with E-state index in [0.29, 0.717) is 55.5 Å². The number of aryl methyl sites for hydroxylation is 2. The third-order valence-corrected chi connectivity index (χ3v) is 19.8. The normalized spacial score (nSPS) is 16.1. The second-order valence-corrected chi connectivity index (χ2v) is 29.2. The number of nitrogens with one attached hydrogen (secondary N) is 2. The molecule has 2 unspecified atom stereocenters. The number of carbonyl (C=O) groups is 4. The molecule has 2 aliphatic heterocycles. The summed E-state index contributed by atoms with van der Waals surface area (Å²) in [5.74, 6) is -12.9. The number of esters is 1. The van der Waals surface area contributed by atoms with Crippen molar-refractivity contribution in [2.24, 2.45) is 11.8 Å². The van der Waals surface area contributed by atoms with Crippen LogP contribution < -0.4 is 31.2 Å². The van der Waals surface area contributed by atoms with E-state index in [1.165, 1.54) is 46.8 Å². The summed E-state index contributed by atoms with van der Waals surface area (Å²) >= 11 is 0. The predicted octanol–water partition coefficient (Wildman–Crippen LogP) is 16.8. The van der Waals surface area contributed by atoms with Crippen LogP contribution in [0, 0.1) is 62.8 Å². The van der Waals surface area contributed by atoms with Gasteiger partial charge in [-0.15, -0.1) is 0 Å². The summed E-state index contributed by atoms with van der Waals surface area (Å²) in [6.07, 6.45) is -17.3. The number of likely N-dealkylation sites (tertiary alicyclic amines) is 2. The lowest BCUT2D eigenvalue weighted by molar-refractivity contribution is -0.144. The molecule has 3 N–H and O–H groups in total. The first-order chi connectivity index (χ1) is 51.4. The summed E-state index contributed by atoms with van der Waals surface area (Å²) in [5, 5.41) is 14.2. The number of benzene rings is 4. The maximum Gasteiger partial charge on any atom is 0.419 e. The first-order valence-corrected chi connectivity index (χ1v) is 36.2. The first kappa shape index (κ1) is 85.1. The molecule has 110 heavy (non-hydrogen) atoms. The number of carboxylic acids is 1. The maximum absolute atomic E-state index is 17.0. The zero-order valence-corrected chi connectivity index (χ0v) is 61.8. The van der Waals surface area contributed by atoms with Gasteiger partial charge in [0.2, 0.25) is 11.8 Å². The number of rotatable bonds is 29. The van der Waals surface area contributed by atoms with E-state index in [9.17, 15) is 86.6 Å². The van der Waals surface area contributed by atoms with Gasteiger partial charge in [-0.25, -0.2) is 17.6 Å². The Morgan fingerprint density at radius 2 is 0.873 bits per heavy atom. The van der Waals surface area contributed by atoms with Crippen molar-refractivity contribution >= 4 is 23.8 Å². The van der Waals surface area contributed by atoms with E-state index in [1.807, 2.05) is 9.80 Å². The SMILES string of the molecule is CCOC(=O)C[C@H](NC(=O)C(CC(C)C)n1cc(CCN2CCC2)c(C(F)(F)F)cc1=O)c1c(F)c(-c2c(C)ccc(OC3CC3)c2C)cc(C(F)(F)F)c1F.Cc1ccc(OC2CC2)c(C)c1-c1cc(C(F)(F)F)c(F)c([C@H](CC(=O)O)NC(=O)C(CC(C)C)n2cc(CCN3CCC3)c(C(F)(F)F)cc2=O)c1F. The van der Waals surface area contributed by atoms with Gasteiger partial charge in [0.15, 0.2) is 0 Å². The molecule has 10 rings (SSSR count). The van der Waals surface area contributed by atoms with Gasteiger partial charge in [0.05, 0.1) is 66.0 Å². The van der Waals surface area contributed by atoms with Crippen molar-refractivity contribution in [3.05, 3.63) is 172 Å². The van der Waals surface area contributed by atoms with Crippen molar-refractivity contribution in [2.75, 3.05) is 45.9 Å². The summed E-state index contributed by atoms with van der Waals surface area (Å²) < 4.78 is 256. The number of nitrogens with zero attached hydrogens (tertiary/aromatic N) is 4. The summed E-state index contributed by atoms with van der Waals surface area (Å²) in [6.45, 7) is 17.0. The fraction of sp³-hybridized carbons (Fsp3) is 0.513. The van der Waals surface area contributed by atoms with Gasteiger partial charge in [-0.1, -0.05) is 39.8 Å². The van der Waals surface area contributed by atoms with Crippen LogP contribution in [0.3, 0.4) is 0 Å². The largest absolute Gasteiger partial charge is 0.490 e. The minimum absolute atomic E-state index is 0.0200. The second kappa shape index (κ2) is 34.4. The number of amides is 2. The molecule has 4 atom stereocenters. The fourth-order valence-electron chi connectivity index (χ4n) is 13.7. The molecule has 2 amide bonds. The molecular weight excluding hydrogens is 1480 g/mol. The monoisotopic (exact) mass is 1570 g/mol. The van der Waals surface area contributed by atoms with Crippen molar-refractivity contribution in [2.45, 2.75) is 200 Å². The standard InChI is InChI=1S/C40H45F8N3O5.C38H41F8N3O5/c1-6-55-33(53)19-29(35-36(41)26(17-28(37(35)42)40(46,47)48)34-22(4)8-11-31(23(34)5)56-25-9-10-25)49-38(54)30(16-21(2)3)51-20-24(12-15-50-13-7-14-50)27(18-32(51)52)39(43,44)45;1-19(2)14-28(49-18-22(10-13-48-11-5-12-48)25(16-30(49)50)37(41,42)43)36(53)47-27(17-31(51)52)33-34(39)24(15-26(35(33)40)38(44,45)46)32-20(3)6-9-29(21(32)4)54-23-7-8-23/h8,11,17-18,20-21,25,29-30H,6-7,9-10,12-16,19H2,1-5H3,(H,49,54);6,9,15-16,18-19,23,27-28H,5,7-8,10-14,17H2,1-4H3,(H,47,53)(H,51,52)/t29-,30?;27-,28?/m00/s1. The summed E-state index contributed by atoms with van der Waals surface area (Å²) in [6, 6.07) is -0.102. The van der Waals surface area contributed by atoms with Crippen LogP contribution in [0.4, 0.5) is 70.2 Å². The van der Waals surface area contributed by atoms with Gasteiger partial charge < -0.3 is 48.9 Å². The van der Waals surface area contributed by atoms with E-state index in [1.54, 1.807) is 39.8 Å². The van der Waals surface area contributed by atoms with E-state index in [0.717, 1.165) is 60.1 Å². The lowest BCUT2D eigenvalue weighted by Crippen LogP contribution is -2.41. The number of pyridine rings is 2. The molecule has 2 saturated carbocycles. The molecule has 4 aromatic carbocycles. The van der Waals surface area contributed by atoms with E-state index in [4.69, 9.17) is 14.2 Å². The second-order valence-electron chi connectivity index (χ2n) is 29.2. The summed E-state index contributed by atoms with van der Waals surface area (Å²) in [5.41, 5.74) is -12.2. The van der Waals surface area contributed by atoms with Crippen LogP contribution in [0.2, 0.25) is 0 Å². The molecule has 0 spiro atoms. The molecule has 2 aromatic heterocycles. The number of carbonyl (C=O) groups excluding carboxylic acids is 3. The predicted molar refractivity (Wildman–Crippen MR) is 373 cm³/mol. The van der Waals surface area contributed by atoms with Crippen LogP contribution in [0.1, 0.15) is 190 Å². The van der Waals surface area contributed by atoms with E-state index < -0.39 is 176 Å². The third-order valence-electron chi connectivity index (χ3n) is 19.8. The van der Waals surface area contributed by atoms with Crippen molar-refractivity contribution < 1.29 is 109 Å². The molecule has 2 saturated heterocycles. The quantitative estimate of drug-likeness (QED) is 0.0298. The molecule has 4 heterocycles. The maximum atomic E-state index is 17.0. The number of halogens is 16. The summed E-state index contributed by atoms with van der Waals surface area (Å²) in [7, 11) is 0. The molecule has 0 radical (unpaired) electrons. The third kappa shape index (κ3) is 20.4. The van der Waals surface area contributed by atoms with Crippen LogP contribution in [-0.4, -0.2) is 106 Å². The summed E-state index contributed by atoms with van der Waals surface area (Å²) in [4.78, 5) is 83.7. The van der Waals surface area contributed by atoms with Gasteiger partial charge >= 0.3 is 36.6 Å². The molecule has 6 aromatic rings. The van der Waals surface area contributed by atoms with E-state index in [-0.39, 0.29) is 109 Å². The lowest BCUT2D eigenvalue weighted by atomic mass is 9.88. The zero-order valence-electron chi connectivity index (χ0n) is 61.8. The van der Waals surface area contributed by atoms with Crippen LogP contribution in [0.5, 0.6) is 11.5 Å². The Morgan fingerprint density at radius 3 is 1.17 bits per heavy atom. The van der Waals surface area contributed by atoms with Crippen LogP contribution in [0.15, 0.2) is 70.5 Å². The highest BCUT2D eigenvalue weighted by atomic mass is 19.4. The first-order valence-electron chi connectivity index (χ1n) is 36.2. The minimum atomic E-state index is -5.40. The molecule has 2 aliphatic carbocycles. The molecule has 4 fully saturated rings. The van der Waals surface area contributed by atoms with E-state index >= 15 is 17.6 Å². The Balaban J connectivity index is 0.000000253. The smallest absolute Gasteiger partial charge is 0.419 e. The Morgan fingerprint density at radius 1 is 0.518 bits per heavy atom. The Kier molecular flexibility index (Phi) is 26.6. The number of ether oxygens (including phenoxy) is 3. The van der Waals surface area contributed by atoms with Gasteiger partial charge in [0.1, 0.15) is 46.9 Å². The van der Waals surface area contributed by atoms with E-state index in [2.05, 4.69) is 10.6 Å². The van der Waals surface area contributed by atoms with Gasteiger partial charge in [-0.3, -0.25) is 28.8 Å². The Bertz CT molecular complexity index is 4530.